The fourth-order valence-electron chi connectivity index (χ4n) is 3.03. The predicted molar refractivity (Wildman–Crippen MR) is 85.1 cm³/mol. The molecular weight excluding hydrogens is 294 g/mol. The van der Waals surface area contributed by atoms with E-state index >= 15 is 0 Å². The van der Waals surface area contributed by atoms with E-state index in [2.05, 4.69) is 15.5 Å². The lowest BCUT2D eigenvalue weighted by Crippen LogP contribution is -2.45. The van der Waals surface area contributed by atoms with Crippen LogP contribution in [0.1, 0.15) is 37.4 Å². The van der Waals surface area contributed by atoms with Gasteiger partial charge in [0, 0.05) is 13.5 Å². The van der Waals surface area contributed by atoms with Gasteiger partial charge in [-0.3, -0.25) is 0 Å². The van der Waals surface area contributed by atoms with Crippen molar-refractivity contribution in [3.8, 4) is 5.75 Å². The van der Waals surface area contributed by atoms with Crippen LogP contribution in [0.2, 0.25) is 0 Å². The van der Waals surface area contributed by atoms with E-state index in [1.807, 2.05) is 30.3 Å². The number of aryl methyl sites for hydroxylation is 1. The molecule has 0 amide bonds. The van der Waals surface area contributed by atoms with Gasteiger partial charge in [-0.05, 0) is 25.0 Å². The van der Waals surface area contributed by atoms with E-state index in [4.69, 9.17) is 9.26 Å². The monoisotopic (exact) mass is 317 g/mol. The molecule has 1 aliphatic carbocycles. The molecule has 124 valence electrons. The van der Waals surface area contributed by atoms with Crippen molar-refractivity contribution in [1.82, 2.24) is 15.5 Å². The summed E-state index contributed by atoms with van der Waals surface area (Å²) in [6.45, 7) is 2.47. The van der Waals surface area contributed by atoms with Gasteiger partial charge in [0.05, 0.1) is 5.54 Å². The Hall–Kier alpha value is -1.92. The Balaban J connectivity index is 1.55. The molecular formula is C17H23N3O3. The summed E-state index contributed by atoms with van der Waals surface area (Å²) in [6.07, 6.45) is 3.56. The summed E-state index contributed by atoms with van der Waals surface area (Å²) in [6, 6.07) is 9.50. The molecule has 1 heterocycles. The van der Waals surface area contributed by atoms with Crippen molar-refractivity contribution < 1.29 is 14.4 Å². The van der Waals surface area contributed by atoms with Crippen LogP contribution in [0.25, 0.3) is 0 Å². The van der Waals surface area contributed by atoms with Crippen LogP contribution in [0.4, 0.5) is 0 Å². The number of hydrogen-bond acceptors (Lipinski definition) is 6. The standard InChI is InChI=1S/C17H23N3O3/c1-13-19-16(20-23-13)17(9-5-6-10-17)18-11-14(21)12-22-15-7-3-2-4-8-15/h2-4,7-8,14,18,21H,5-6,9-12H2,1H3. The van der Waals surface area contributed by atoms with Gasteiger partial charge < -0.3 is 19.7 Å². The van der Waals surface area contributed by atoms with Crippen LogP contribution in [0, 0.1) is 6.92 Å². The molecule has 1 unspecified atom stereocenters. The Bertz CT molecular complexity index is 609. The van der Waals surface area contributed by atoms with E-state index in [1.165, 1.54) is 0 Å². The SMILES string of the molecule is Cc1nc(C2(NCC(O)COc3ccccc3)CCCC2)no1. The molecule has 0 spiro atoms. The molecule has 6 nitrogen and oxygen atoms in total. The highest BCUT2D eigenvalue weighted by Crippen LogP contribution is 2.37. The number of nitrogens with zero attached hydrogens (tertiary/aromatic N) is 2. The van der Waals surface area contributed by atoms with Gasteiger partial charge in [0.2, 0.25) is 5.89 Å². The molecule has 1 atom stereocenters. The molecule has 1 fully saturated rings. The molecule has 0 bridgehead atoms. The lowest BCUT2D eigenvalue weighted by atomic mass is 9.96. The van der Waals surface area contributed by atoms with Gasteiger partial charge in [-0.15, -0.1) is 0 Å². The minimum absolute atomic E-state index is 0.248. The molecule has 6 heteroatoms. The number of aliphatic hydroxyl groups excluding tert-OH is 1. The third-order valence-electron chi connectivity index (χ3n) is 4.27. The zero-order chi connectivity index (χ0) is 16.1. The first-order chi connectivity index (χ1) is 11.2. The highest BCUT2D eigenvalue weighted by molar-refractivity contribution is 5.20. The van der Waals surface area contributed by atoms with E-state index in [0.717, 1.165) is 31.4 Å². The van der Waals surface area contributed by atoms with E-state index in [1.54, 1.807) is 6.92 Å². The van der Waals surface area contributed by atoms with Crippen molar-refractivity contribution in [2.45, 2.75) is 44.2 Å². The van der Waals surface area contributed by atoms with Crippen molar-refractivity contribution in [3.63, 3.8) is 0 Å². The molecule has 1 saturated carbocycles. The van der Waals surface area contributed by atoms with Crippen molar-refractivity contribution in [2.75, 3.05) is 13.2 Å². The topological polar surface area (TPSA) is 80.4 Å². The summed E-state index contributed by atoms with van der Waals surface area (Å²) in [7, 11) is 0. The van der Waals surface area contributed by atoms with Gasteiger partial charge in [-0.25, -0.2) is 0 Å². The van der Waals surface area contributed by atoms with Crippen LogP contribution >= 0.6 is 0 Å². The number of aromatic nitrogens is 2. The second-order valence-electron chi connectivity index (χ2n) is 6.08. The zero-order valence-electron chi connectivity index (χ0n) is 13.4. The van der Waals surface area contributed by atoms with Gasteiger partial charge in [0.25, 0.3) is 0 Å². The van der Waals surface area contributed by atoms with Crippen molar-refractivity contribution in [1.29, 1.82) is 0 Å². The number of rotatable bonds is 7. The van der Waals surface area contributed by atoms with Gasteiger partial charge in [0.1, 0.15) is 18.5 Å². The van der Waals surface area contributed by atoms with Crippen LogP contribution in [0.15, 0.2) is 34.9 Å². The van der Waals surface area contributed by atoms with Crippen LogP contribution in [0.3, 0.4) is 0 Å². The van der Waals surface area contributed by atoms with Gasteiger partial charge in [0.15, 0.2) is 5.82 Å². The van der Waals surface area contributed by atoms with Crippen molar-refractivity contribution in [3.05, 3.63) is 42.0 Å². The molecule has 1 aliphatic rings. The molecule has 1 aromatic heterocycles. The van der Waals surface area contributed by atoms with E-state index in [-0.39, 0.29) is 12.1 Å². The van der Waals surface area contributed by atoms with E-state index < -0.39 is 6.10 Å². The Morgan fingerprint density at radius 3 is 2.70 bits per heavy atom. The number of aliphatic hydroxyl groups is 1. The van der Waals surface area contributed by atoms with Gasteiger partial charge in [-0.1, -0.05) is 36.2 Å². The Labute approximate surface area is 135 Å². The van der Waals surface area contributed by atoms with Crippen molar-refractivity contribution >= 4 is 0 Å². The van der Waals surface area contributed by atoms with E-state index in [0.29, 0.717) is 18.3 Å². The number of nitrogens with one attached hydrogen (secondary N) is 1. The second kappa shape index (κ2) is 7.10. The maximum atomic E-state index is 10.2. The summed E-state index contributed by atoms with van der Waals surface area (Å²) in [5, 5.41) is 17.7. The predicted octanol–water partition coefficient (Wildman–Crippen LogP) is 2.18. The Kier molecular flexibility index (Phi) is 4.93. The number of ether oxygens (including phenoxy) is 1. The average Bonchev–Trinajstić information content (AvgIpc) is 3.22. The zero-order valence-corrected chi connectivity index (χ0v) is 13.4. The minimum atomic E-state index is -0.597. The van der Waals surface area contributed by atoms with Crippen LogP contribution in [0.5, 0.6) is 5.75 Å². The summed E-state index contributed by atoms with van der Waals surface area (Å²) in [5.41, 5.74) is -0.286. The molecule has 0 radical (unpaired) electrons. The third kappa shape index (κ3) is 3.89. The first-order valence-electron chi connectivity index (χ1n) is 8.10. The fraction of sp³-hybridized carbons (Fsp3) is 0.529. The molecule has 2 aromatic rings. The highest BCUT2D eigenvalue weighted by Gasteiger charge is 2.39. The first-order valence-corrected chi connectivity index (χ1v) is 8.10. The first kappa shape index (κ1) is 16.0. The highest BCUT2D eigenvalue weighted by atomic mass is 16.5. The summed E-state index contributed by atoms with van der Waals surface area (Å²) < 4.78 is 10.7. The van der Waals surface area contributed by atoms with Crippen LogP contribution in [-0.4, -0.2) is 34.5 Å². The molecule has 2 N–H and O–H groups in total. The smallest absolute Gasteiger partial charge is 0.223 e. The normalized spacial score (nSPS) is 18.0. The number of hydrogen-bond donors (Lipinski definition) is 2. The van der Waals surface area contributed by atoms with Gasteiger partial charge >= 0.3 is 0 Å². The van der Waals surface area contributed by atoms with Crippen molar-refractivity contribution in [2.24, 2.45) is 0 Å². The maximum Gasteiger partial charge on any atom is 0.223 e. The minimum Gasteiger partial charge on any atom is -0.491 e. The molecule has 3 rings (SSSR count). The lowest BCUT2D eigenvalue weighted by Gasteiger charge is -2.28. The summed E-state index contributed by atoms with van der Waals surface area (Å²) in [5.74, 6) is 2.03. The molecule has 0 saturated heterocycles. The van der Waals surface area contributed by atoms with Gasteiger partial charge in [-0.2, -0.15) is 4.98 Å². The molecule has 1 aromatic carbocycles. The van der Waals surface area contributed by atoms with Crippen LogP contribution in [-0.2, 0) is 5.54 Å². The summed E-state index contributed by atoms with van der Waals surface area (Å²) >= 11 is 0. The largest absolute Gasteiger partial charge is 0.491 e. The Morgan fingerprint density at radius 1 is 1.30 bits per heavy atom. The fourth-order valence-corrected chi connectivity index (χ4v) is 3.03. The second-order valence-corrected chi connectivity index (χ2v) is 6.08. The number of para-hydroxylation sites is 1. The number of benzene rings is 1. The molecule has 23 heavy (non-hydrogen) atoms. The third-order valence-corrected chi connectivity index (χ3v) is 4.27. The Morgan fingerprint density at radius 2 is 2.04 bits per heavy atom. The summed E-state index contributed by atoms with van der Waals surface area (Å²) in [4.78, 5) is 4.38. The molecule has 0 aliphatic heterocycles. The average molecular weight is 317 g/mol. The quantitative estimate of drug-likeness (QED) is 0.815. The van der Waals surface area contributed by atoms with Crippen LogP contribution < -0.4 is 10.1 Å². The maximum absolute atomic E-state index is 10.2. The lowest BCUT2D eigenvalue weighted by molar-refractivity contribution is 0.0950. The van der Waals surface area contributed by atoms with E-state index in [9.17, 15) is 5.11 Å².